The summed E-state index contributed by atoms with van der Waals surface area (Å²) >= 11 is 0. The van der Waals surface area contributed by atoms with E-state index < -0.39 is 34.1 Å². The third kappa shape index (κ3) is 3.31. The molecule has 1 fully saturated rings. The van der Waals surface area contributed by atoms with Crippen LogP contribution in [0.5, 0.6) is 0 Å². The quantitative estimate of drug-likeness (QED) is 0.833. The van der Waals surface area contributed by atoms with Crippen LogP contribution >= 0.6 is 0 Å². The SMILES string of the molecule is CC(C)(C)NS(=O)(=O)n1cc(B2OC(C)(C)C(C)(C)O2)c2ccccc21. The topological polar surface area (TPSA) is 69.6 Å². The maximum Gasteiger partial charge on any atom is 0.497 e. The van der Waals surface area contributed by atoms with E-state index in [9.17, 15) is 8.42 Å². The van der Waals surface area contributed by atoms with E-state index >= 15 is 0 Å². The summed E-state index contributed by atoms with van der Waals surface area (Å²) in [7, 11) is -4.38. The number of nitrogens with one attached hydrogen (secondary N) is 1. The molecule has 0 unspecified atom stereocenters. The van der Waals surface area contributed by atoms with Crippen LogP contribution in [0.2, 0.25) is 0 Å². The van der Waals surface area contributed by atoms with E-state index in [2.05, 4.69) is 4.72 Å². The Hall–Kier alpha value is -1.35. The average molecular weight is 378 g/mol. The molecule has 0 aliphatic carbocycles. The molecule has 1 saturated heterocycles. The zero-order valence-electron chi connectivity index (χ0n) is 16.5. The van der Waals surface area contributed by atoms with Crippen LogP contribution in [0.25, 0.3) is 10.9 Å². The summed E-state index contributed by atoms with van der Waals surface area (Å²) in [5.74, 6) is 0. The van der Waals surface area contributed by atoms with Crippen molar-refractivity contribution in [2.45, 2.75) is 65.2 Å². The Morgan fingerprint density at radius 2 is 1.58 bits per heavy atom. The Kier molecular flexibility index (Phi) is 4.35. The first-order valence-corrected chi connectivity index (χ1v) is 10.2. The Balaban J connectivity index is 2.13. The molecule has 0 amide bonds. The monoisotopic (exact) mass is 378 g/mol. The van der Waals surface area contributed by atoms with Crippen LogP contribution in [-0.2, 0) is 19.5 Å². The van der Waals surface area contributed by atoms with Crippen molar-refractivity contribution in [1.29, 1.82) is 0 Å². The van der Waals surface area contributed by atoms with E-state index in [1.165, 1.54) is 3.97 Å². The lowest BCUT2D eigenvalue weighted by Gasteiger charge is -2.32. The van der Waals surface area contributed by atoms with Gasteiger partial charge >= 0.3 is 17.3 Å². The maximum atomic E-state index is 12.9. The summed E-state index contributed by atoms with van der Waals surface area (Å²) in [6, 6.07) is 7.37. The first-order chi connectivity index (χ1) is 11.7. The van der Waals surface area contributed by atoms with E-state index in [1.54, 1.807) is 12.3 Å². The van der Waals surface area contributed by atoms with Gasteiger partial charge in [-0.25, -0.2) is 3.97 Å². The van der Waals surface area contributed by atoms with Crippen LogP contribution in [0.4, 0.5) is 0 Å². The fourth-order valence-electron chi connectivity index (χ4n) is 2.97. The second-order valence-electron chi connectivity index (χ2n) is 8.84. The van der Waals surface area contributed by atoms with Crippen molar-refractivity contribution in [1.82, 2.24) is 8.69 Å². The first kappa shape index (κ1) is 19.4. The second-order valence-corrected chi connectivity index (χ2v) is 10.4. The third-order valence-corrected chi connectivity index (χ3v) is 6.60. The number of fused-ring (bicyclic) bond motifs is 1. The van der Waals surface area contributed by atoms with Gasteiger partial charge in [0.25, 0.3) is 0 Å². The summed E-state index contributed by atoms with van der Waals surface area (Å²) in [5.41, 5.74) is -0.283. The van der Waals surface area contributed by atoms with Crippen molar-refractivity contribution in [2.24, 2.45) is 0 Å². The van der Waals surface area contributed by atoms with Gasteiger partial charge < -0.3 is 9.31 Å². The number of hydrogen-bond acceptors (Lipinski definition) is 4. The highest BCUT2D eigenvalue weighted by molar-refractivity contribution is 7.88. The smallest absolute Gasteiger partial charge is 0.399 e. The summed E-state index contributed by atoms with van der Waals surface area (Å²) in [6.45, 7) is 13.3. The molecule has 0 saturated carbocycles. The summed E-state index contributed by atoms with van der Waals surface area (Å²) in [6.07, 6.45) is 1.60. The van der Waals surface area contributed by atoms with Gasteiger partial charge in [-0.3, -0.25) is 0 Å². The van der Waals surface area contributed by atoms with Gasteiger partial charge in [0, 0.05) is 22.6 Å². The fraction of sp³-hybridized carbons (Fsp3) is 0.556. The van der Waals surface area contributed by atoms with Crippen LogP contribution in [0.15, 0.2) is 30.5 Å². The van der Waals surface area contributed by atoms with Gasteiger partial charge in [0.1, 0.15) is 0 Å². The van der Waals surface area contributed by atoms with Crippen molar-refractivity contribution >= 4 is 33.7 Å². The molecule has 8 heteroatoms. The summed E-state index contributed by atoms with van der Waals surface area (Å²) < 4.78 is 42.1. The number of aromatic nitrogens is 1. The Labute approximate surface area is 156 Å². The minimum atomic E-state index is -3.76. The lowest BCUT2D eigenvalue weighted by atomic mass is 9.79. The van der Waals surface area contributed by atoms with Gasteiger partial charge in [0.05, 0.1) is 16.7 Å². The van der Waals surface area contributed by atoms with Gasteiger partial charge in [0.2, 0.25) is 0 Å². The predicted molar refractivity (Wildman–Crippen MR) is 105 cm³/mol. The molecule has 3 rings (SSSR count). The molecule has 1 aliphatic heterocycles. The molecule has 0 radical (unpaired) electrons. The van der Waals surface area contributed by atoms with E-state index in [-0.39, 0.29) is 0 Å². The number of benzene rings is 1. The molecule has 0 atom stereocenters. The van der Waals surface area contributed by atoms with Crippen molar-refractivity contribution in [3.05, 3.63) is 30.5 Å². The minimum Gasteiger partial charge on any atom is -0.399 e. The highest BCUT2D eigenvalue weighted by atomic mass is 32.2. The lowest BCUT2D eigenvalue weighted by Crippen LogP contribution is -2.43. The molecule has 1 aromatic carbocycles. The van der Waals surface area contributed by atoms with E-state index in [0.717, 1.165) is 5.39 Å². The summed E-state index contributed by atoms with van der Waals surface area (Å²) in [4.78, 5) is 0. The molecule has 1 N–H and O–H groups in total. The van der Waals surface area contributed by atoms with Crippen molar-refractivity contribution in [2.75, 3.05) is 0 Å². The standard InChI is InChI=1S/C18H27BN2O4S/c1-16(2,3)20-26(22,23)21-12-14(13-10-8-9-11-15(13)21)19-24-17(4,5)18(6,7)25-19/h8-12,20H,1-7H3. The second kappa shape index (κ2) is 5.82. The first-order valence-electron chi connectivity index (χ1n) is 8.74. The molecule has 6 nitrogen and oxygen atoms in total. The molecule has 0 bridgehead atoms. The molecule has 0 spiro atoms. The Morgan fingerprint density at radius 1 is 1.04 bits per heavy atom. The largest absolute Gasteiger partial charge is 0.497 e. The molecular weight excluding hydrogens is 351 g/mol. The van der Waals surface area contributed by atoms with Gasteiger partial charge in [-0.15, -0.1) is 0 Å². The Morgan fingerprint density at radius 3 is 2.12 bits per heavy atom. The lowest BCUT2D eigenvalue weighted by molar-refractivity contribution is 0.00578. The highest BCUT2D eigenvalue weighted by Gasteiger charge is 2.52. The molecule has 26 heavy (non-hydrogen) atoms. The van der Waals surface area contributed by atoms with Gasteiger partial charge in [-0.2, -0.15) is 13.1 Å². The van der Waals surface area contributed by atoms with E-state index in [0.29, 0.717) is 11.0 Å². The molecule has 1 aromatic heterocycles. The van der Waals surface area contributed by atoms with Gasteiger partial charge in [-0.1, -0.05) is 18.2 Å². The number of para-hydroxylation sites is 1. The van der Waals surface area contributed by atoms with Crippen LogP contribution in [0, 0.1) is 0 Å². The Bertz CT molecular complexity index is 926. The van der Waals surface area contributed by atoms with E-state index in [4.69, 9.17) is 9.31 Å². The number of hydrogen-bond donors (Lipinski definition) is 1. The average Bonchev–Trinajstić information content (AvgIpc) is 2.92. The van der Waals surface area contributed by atoms with Crippen molar-refractivity contribution in [3.63, 3.8) is 0 Å². The minimum absolute atomic E-state index is 0.497. The maximum absolute atomic E-state index is 12.9. The number of rotatable bonds is 3. The van der Waals surface area contributed by atoms with Crippen LogP contribution in [0.1, 0.15) is 48.5 Å². The number of nitrogens with zero attached hydrogens (tertiary/aromatic N) is 1. The van der Waals surface area contributed by atoms with E-state index in [1.807, 2.05) is 66.7 Å². The predicted octanol–water partition coefficient (Wildman–Crippen LogP) is 2.42. The summed E-state index contributed by atoms with van der Waals surface area (Å²) in [5, 5.41) is 0.797. The van der Waals surface area contributed by atoms with Crippen LogP contribution in [-0.4, -0.2) is 36.2 Å². The van der Waals surface area contributed by atoms with Crippen LogP contribution < -0.4 is 10.2 Å². The zero-order valence-corrected chi connectivity index (χ0v) is 17.3. The zero-order chi connectivity index (χ0) is 19.5. The third-order valence-electron chi connectivity index (χ3n) is 4.91. The molecule has 142 valence electrons. The van der Waals surface area contributed by atoms with Gasteiger partial charge in [0.15, 0.2) is 0 Å². The molecule has 2 aromatic rings. The fourth-order valence-corrected chi connectivity index (χ4v) is 4.51. The molecule has 2 heterocycles. The highest BCUT2D eigenvalue weighted by Crippen LogP contribution is 2.37. The molecule has 1 aliphatic rings. The normalized spacial score (nSPS) is 20.0. The van der Waals surface area contributed by atoms with Crippen molar-refractivity contribution < 1.29 is 17.7 Å². The van der Waals surface area contributed by atoms with Crippen LogP contribution in [0.3, 0.4) is 0 Å². The van der Waals surface area contributed by atoms with Crippen molar-refractivity contribution in [3.8, 4) is 0 Å². The van der Waals surface area contributed by atoms with Gasteiger partial charge in [-0.05, 0) is 54.5 Å². The molecular formula is C18H27BN2O4S.